The van der Waals surface area contributed by atoms with E-state index >= 15 is 0 Å². The van der Waals surface area contributed by atoms with Crippen LogP contribution < -0.4 is 75.3 Å². The Morgan fingerprint density at radius 3 is 2.27 bits per heavy atom. The summed E-state index contributed by atoms with van der Waals surface area (Å²) in [6.07, 6.45) is 11.8. The molecule has 1 atom stereocenters. The van der Waals surface area contributed by atoms with Gasteiger partial charge in [0.25, 0.3) is 0 Å². The van der Waals surface area contributed by atoms with Crippen molar-refractivity contribution in [3.8, 4) is 17.1 Å². The van der Waals surface area contributed by atoms with Crippen LogP contribution in [0.4, 0.5) is 20.3 Å². The summed E-state index contributed by atoms with van der Waals surface area (Å²) in [5.74, 6) is 3.49. The fourth-order valence-corrected chi connectivity index (χ4v) is 9.28. The normalized spacial score (nSPS) is 16.5. The Bertz CT molecular complexity index is 2560. The Labute approximate surface area is 433 Å². The SMILES string of the molecule is CC[NH+]1CCn2cnnc2C1.COc1ncc(-c2nc(N3CCOCC3)nc3c(CN4CCn5cnnc5C4)c(C)sc23)cc1NS(C)(=O)=O.FB(F)CCl.[F-].[K+].c1nnc2n1CCCC2. The number of fused-ring (bicyclic) bond motifs is 4. The van der Waals surface area contributed by atoms with Crippen LogP contribution in [-0.2, 0) is 60.4 Å². The van der Waals surface area contributed by atoms with Crippen LogP contribution >= 0.6 is 22.9 Å². The van der Waals surface area contributed by atoms with Crippen molar-refractivity contribution in [2.75, 3.05) is 74.7 Å². The zero-order chi connectivity index (χ0) is 45.2. The molecular formula is C38H53BClF3KN16O4S2+. The molecule has 1 fully saturated rings. The Morgan fingerprint density at radius 1 is 0.955 bits per heavy atom. The minimum Gasteiger partial charge on any atom is -1.00 e. The number of ether oxygens (including phenoxy) is 2. The van der Waals surface area contributed by atoms with E-state index in [9.17, 15) is 17.0 Å². The minimum atomic E-state index is -3.55. The first kappa shape index (κ1) is 53.6. The first-order chi connectivity index (χ1) is 30.9. The molecule has 0 spiro atoms. The number of hydrogen-bond donors (Lipinski definition) is 2. The van der Waals surface area contributed by atoms with Gasteiger partial charge in [-0.3, -0.25) is 18.3 Å². The Kier molecular flexibility index (Phi) is 20.5. The minimum absolute atomic E-state index is 0. The van der Waals surface area contributed by atoms with Gasteiger partial charge < -0.3 is 37.7 Å². The van der Waals surface area contributed by atoms with E-state index in [-0.39, 0.29) is 67.7 Å². The van der Waals surface area contributed by atoms with E-state index in [2.05, 4.69) is 89.2 Å². The smallest absolute Gasteiger partial charge is 1.00 e. The zero-order valence-corrected chi connectivity index (χ0v) is 43.2. The van der Waals surface area contributed by atoms with Crippen LogP contribution in [0, 0.1) is 6.92 Å². The number of likely N-dealkylation sites (N-methyl/N-ethyl adjacent to an activating group) is 1. The van der Waals surface area contributed by atoms with E-state index in [1.807, 2.05) is 12.7 Å². The second-order valence-electron chi connectivity index (χ2n) is 15.5. The quantitative estimate of drug-likeness (QED) is 0.106. The maximum Gasteiger partial charge on any atom is 1.00 e. The van der Waals surface area contributed by atoms with Gasteiger partial charge in [0.2, 0.25) is 21.9 Å². The van der Waals surface area contributed by atoms with E-state index in [0.717, 1.165) is 90.1 Å². The molecule has 0 aromatic carbocycles. The van der Waals surface area contributed by atoms with Crippen molar-refractivity contribution in [3.05, 3.63) is 59.2 Å². The van der Waals surface area contributed by atoms with Gasteiger partial charge in [0.1, 0.15) is 42.9 Å². The summed E-state index contributed by atoms with van der Waals surface area (Å²) in [5, 5.41) is 24.0. The monoisotopic (exact) mass is 1000 g/mol. The number of anilines is 2. The maximum atomic E-state index is 12.0. The van der Waals surface area contributed by atoms with Crippen molar-refractivity contribution in [2.45, 2.75) is 72.4 Å². The number of sulfonamides is 1. The number of thiophene rings is 1. The molecule has 0 aliphatic carbocycles. The fraction of sp³-hybridized carbons (Fsp3) is 0.553. The fourth-order valence-electron chi connectivity index (χ4n) is 7.62. The Balaban J connectivity index is 0.000000244. The predicted octanol–water partition coefficient (Wildman–Crippen LogP) is -3.60. The topological polar surface area (TPSA) is 206 Å². The molecule has 28 heteroatoms. The molecule has 4 aliphatic heterocycles. The molecule has 0 radical (unpaired) electrons. The van der Waals surface area contributed by atoms with Crippen LogP contribution in [0.1, 0.15) is 47.7 Å². The summed E-state index contributed by atoms with van der Waals surface area (Å²) in [7, 11) is -4.45. The molecule has 0 saturated carbocycles. The second-order valence-corrected chi connectivity index (χ2v) is 18.8. The van der Waals surface area contributed by atoms with Gasteiger partial charge in [-0.25, -0.2) is 23.4 Å². The van der Waals surface area contributed by atoms with Gasteiger partial charge in [-0.15, -0.1) is 53.5 Å². The Morgan fingerprint density at radius 2 is 1.62 bits per heavy atom. The van der Waals surface area contributed by atoms with Crippen molar-refractivity contribution in [1.82, 2.24) is 64.1 Å². The number of rotatable bonds is 9. The van der Waals surface area contributed by atoms with E-state index < -0.39 is 23.1 Å². The molecule has 1 unspecified atom stereocenters. The van der Waals surface area contributed by atoms with Crippen LogP contribution in [0.3, 0.4) is 0 Å². The van der Waals surface area contributed by atoms with E-state index in [0.29, 0.717) is 50.1 Å². The Hall–Kier alpha value is -3.38. The van der Waals surface area contributed by atoms with Crippen molar-refractivity contribution in [3.63, 3.8) is 0 Å². The molecule has 6 aromatic rings. The van der Waals surface area contributed by atoms with Crippen LogP contribution in [0.5, 0.6) is 5.88 Å². The van der Waals surface area contributed by atoms with Crippen LogP contribution in [0.2, 0.25) is 0 Å². The third kappa shape index (κ3) is 14.1. The van der Waals surface area contributed by atoms with E-state index in [4.69, 9.17) is 19.4 Å². The molecule has 2 N–H and O–H groups in total. The number of aromatic nitrogens is 12. The van der Waals surface area contributed by atoms with Crippen molar-refractivity contribution in [2.24, 2.45) is 0 Å². The zero-order valence-electron chi connectivity index (χ0n) is 37.7. The van der Waals surface area contributed by atoms with Crippen molar-refractivity contribution >= 4 is 62.1 Å². The molecule has 20 nitrogen and oxygen atoms in total. The molecule has 352 valence electrons. The number of nitrogens with one attached hydrogen (secondary N) is 2. The number of morpholine rings is 1. The molecule has 1 saturated heterocycles. The summed E-state index contributed by atoms with van der Waals surface area (Å²) < 4.78 is 66.0. The number of pyridine rings is 1. The summed E-state index contributed by atoms with van der Waals surface area (Å²) in [5.41, 5.74) is 3.67. The largest absolute Gasteiger partial charge is 1.00 e. The number of halogens is 4. The van der Waals surface area contributed by atoms with Crippen molar-refractivity contribution < 1.29 is 87.5 Å². The molecule has 0 amide bonds. The number of quaternary nitrogens is 1. The van der Waals surface area contributed by atoms with Crippen LogP contribution in [0.25, 0.3) is 21.5 Å². The van der Waals surface area contributed by atoms with Crippen molar-refractivity contribution in [1.29, 1.82) is 0 Å². The molecule has 6 aromatic heterocycles. The maximum absolute atomic E-state index is 12.0. The first-order valence-corrected chi connectivity index (χ1v) is 24.3. The number of aryl methyl sites for hydroxylation is 3. The molecule has 4 aliphatic rings. The summed E-state index contributed by atoms with van der Waals surface area (Å²) in [4.78, 5) is 21.7. The average Bonchev–Trinajstić information content (AvgIpc) is 4.14. The molecule has 10 rings (SSSR count). The van der Waals surface area contributed by atoms with E-state index in [1.54, 1.807) is 34.8 Å². The number of alkyl halides is 1. The second kappa shape index (κ2) is 25.3. The number of hydrogen-bond acceptors (Lipinski definition) is 16. The van der Waals surface area contributed by atoms with Gasteiger partial charge in [0.15, 0.2) is 5.82 Å². The van der Waals surface area contributed by atoms with Gasteiger partial charge >= 0.3 is 58.7 Å². The van der Waals surface area contributed by atoms with Crippen LogP contribution in [0.15, 0.2) is 31.2 Å². The average molecular weight is 1000 g/mol. The summed E-state index contributed by atoms with van der Waals surface area (Å²) >= 11 is 6.22. The van der Waals surface area contributed by atoms with Crippen LogP contribution in [-0.4, -0.2) is 145 Å². The predicted molar refractivity (Wildman–Crippen MR) is 239 cm³/mol. The molecule has 10 heterocycles. The van der Waals surface area contributed by atoms with Gasteiger partial charge in [-0.2, -0.15) is 0 Å². The van der Waals surface area contributed by atoms with Gasteiger partial charge in [0, 0.05) is 67.9 Å². The van der Waals surface area contributed by atoms with Gasteiger partial charge in [0.05, 0.1) is 74.4 Å². The summed E-state index contributed by atoms with van der Waals surface area (Å²) in [6, 6.07) is 1.71. The van der Waals surface area contributed by atoms with Gasteiger partial charge in [-0.05, 0) is 32.8 Å². The molecular weight excluding hydrogens is 951 g/mol. The molecule has 66 heavy (non-hydrogen) atoms. The molecule has 0 bridgehead atoms. The number of nitrogens with zero attached hydrogens (tertiary/aromatic N) is 14. The number of methoxy groups -OCH3 is 1. The van der Waals surface area contributed by atoms with Gasteiger partial charge in [-0.1, -0.05) is 0 Å². The van der Waals surface area contributed by atoms with E-state index in [1.165, 1.54) is 33.0 Å². The third-order valence-corrected chi connectivity index (χ3v) is 13.0. The first-order valence-electron chi connectivity index (χ1n) is 21.1. The third-order valence-electron chi connectivity index (χ3n) is 11.0. The summed E-state index contributed by atoms with van der Waals surface area (Å²) in [6.45, 7) is 15.7. The standard InChI is InChI=1S/C24H29N9O4S2.C7H12N4.C6H9N3.CH2BClF2.FH.K/c1-15-17(12-31-4-5-33-14-26-29-19(33)13-31)21-22(38-15)20(27-24(28-21)32-6-8-37-9-7-32)16-10-18(30-39(3,34)35)23(36-2)25-11-16;1-2-10-3-4-11-6-8-9-7(11)5-10;1-2-4-9-5-7-8-6(9)3-1;3-1-2(4)5;;/h10-11,14,30H,4-9,12-13H2,1-3H3;6H,2-5H2,1H3;5H,1-4H2;1H2;1H;/q;;;;;+1.